The third-order valence-corrected chi connectivity index (χ3v) is 7.60. The third-order valence-electron chi connectivity index (χ3n) is 6.28. The number of oxazole rings is 1. The Morgan fingerprint density at radius 2 is 1.82 bits per heavy atom. The van der Waals surface area contributed by atoms with Gasteiger partial charge in [-0.15, -0.1) is 0 Å². The summed E-state index contributed by atoms with van der Waals surface area (Å²) in [4.78, 5) is 11.7. The molecule has 0 saturated carbocycles. The lowest BCUT2D eigenvalue weighted by Gasteiger charge is -2.37. The minimum absolute atomic E-state index is 0.191. The molecular weight excluding hydrogens is 466 g/mol. The van der Waals surface area contributed by atoms with Crippen molar-refractivity contribution in [3.8, 4) is 0 Å². The Morgan fingerprint density at radius 1 is 1.06 bits per heavy atom. The smallest absolute Gasteiger partial charge is 0.256 e. The number of para-hydroxylation sites is 2. The Hall–Kier alpha value is -2.38. The topological polar surface area (TPSA) is 51.4 Å². The van der Waals surface area contributed by atoms with Crippen molar-refractivity contribution < 1.29 is 9.15 Å². The van der Waals surface area contributed by atoms with E-state index in [0.717, 1.165) is 64.3 Å². The normalized spacial score (nSPS) is 17.1. The number of fused-ring (bicyclic) bond motifs is 1. The molecule has 1 aliphatic heterocycles. The van der Waals surface area contributed by atoms with Gasteiger partial charge in [-0.3, -0.25) is 9.88 Å². The van der Waals surface area contributed by atoms with Crippen LogP contribution < -0.4 is 0 Å². The van der Waals surface area contributed by atoms with Crippen LogP contribution in [0.5, 0.6) is 0 Å². The molecular formula is C27H28ClN3O2S. The molecule has 176 valence electrons. The van der Waals surface area contributed by atoms with E-state index in [-0.39, 0.29) is 12.2 Å². The van der Waals surface area contributed by atoms with E-state index in [2.05, 4.69) is 21.8 Å². The van der Waals surface area contributed by atoms with Crippen LogP contribution in [-0.4, -0.2) is 45.9 Å². The monoisotopic (exact) mass is 493 g/mol. The van der Waals surface area contributed by atoms with Gasteiger partial charge in [-0.05, 0) is 61.7 Å². The molecule has 2 aromatic heterocycles. The van der Waals surface area contributed by atoms with Crippen molar-refractivity contribution in [2.45, 2.75) is 43.2 Å². The van der Waals surface area contributed by atoms with Crippen molar-refractivity contribution in [3.63, 3.8) is 0 Å². The van der Waals surface area contributed by atoms with Gasteiger partial charge < -0.3 is 9.15 Å². The first-order valence-corrected chi connectivity index (χ1v) is 13.1. The predicted octanol–water partition coefficient (Wildman–Crippen LogP) is 6.63. The molecule has 0 N–H and O–H groups in total. The van der Waals surface area contributed by atoms with E-state index in [1.54, 1.807) is 11.8 Å². The van der Waals surface area contributed by atoms with Gasteiger partial charge >= 0.3 is 0 Å². The fourth-order valence-corrected chi connectivity index (χ4v) is 5.38. The number of nitrogens with zero attached hydrogens (tertiary/aromatic N) is 3. The third kappa shape index (κ3) is 5.63. The molecule has 0 radical (unpaired) electrons. The number of benzene rings is 2. The number of hydrogen-bond donors (Lipinski definition) is 0. The standard InChI is InChI=1S/C27H28ClN3O2S/c1-19(18-34-27-30-23-6-2-3-8-25(23)33-27)31-16-13-22(14-17-31)32-26(24-7-4-5-15-29-24)20-9-11-21(28)12-10-20/h2-12,15,19,22,26H,13-14,16-18H2,1H3. The Kier molecular flexibility index (Phi) is 7.50. The molecule has 5 rings (SSSR count). The van der Waals surface area contributed by atoms with E-state index < -0.39 is 0 Å². The Bertz CT molecular complexity index is 1160. The molecule has 0 spiro atoms. The number of hydrogen-bond acceptors (Lipinski definition) is 6. The largest absolute Gasteiger partial charge is 0.431 e. The first-order valence-electron chi connectivity index (χ1n) is 11.7. The van der Waals surface area contributed by atoms with E-state index in [4.69, 9.17) is 20.8 Å². The maximum Gasteiger partial charge on any atom is 0.256 e. The fraction of sp³-hybridized carbons (Fsp3) is 0.333. The molecule has 2 unspecified atom stereocenters. The minimum atomic E-state index is -0.192. The van der Waals surface area contributed by atoms with Crippen molar-refractivity contribution in [1.82, 2.24) is 14.9 Å². The van der Waals surface area contributed by atoms with Gasteiger partial charge in [-0.1, -0.05) is 53.7 Å². The molecule has 5 nitrogen and oxygen atoms in total. The van der Waals surface area contributed by atoms with Gasteiger partial charge in [0.15, 0.2) is 5.58 Å². The second kappa shape index (κ2) is 10.9. The van der Waals surface area contributed by atoms with Gasteiger partial charge in [0.25, 0.3) is 5.22 Å². The maximum absolute atomic E-state index is 6.63. The van der Waals surface area contributed by atoms with Crippen LogP contribution in [0.15, 0.2) is 82.6 Å². The molecule has 34 heavy (non-hydrogen) atoms. The molecule has 3 heterocycles. The quantitative estimate of drug-likeness (QED) is 0.257. The summed E-state index contributed by atoms with van der Waals surface area (Å²) in [6.07, 6.45) is 3.81. The highest BCUT2D eigenvalue weighted by Gasteiger charge is 2.27. The fourth-order valence-electron chi connectivity index (χ4n) is 4.34. The summed E-state index contributed by atoms with van der Waals surface area (Å²) < 4.78 is 12.5. The lowest BCUT2D eigenvalue weighted by molar-refractivity contribution is -0.0324. The number of ether oxygens (including phenoxy) is 1. The lowest BCUT2D eigenvalue weighted by Crippen LogP contribution is -2.43. The van der Waals surface area contributed by atoms with Crippen LogP contribution >= 0.6 is 23.4 Å². The summed E-state index contributed by atoms with van der Waals surface area (Å²) in [5, 5.41) is 1.47. The molecule has 4 aromatic rings. The molecule has 0 bridgehead atoms. The van der Waals surface area contributed by atoms with Crippen LogP contribution in [0.25, 0.3) is 11.1 Å². The van der Waals surface area contributed by atoms with E-state index in [0.29, 0.717) is 6.04 Å². The number of rotatable bonds is 8. The molecule has 1 saturated heterocycles. The van der Waals surface area contributed by atoms with E-state index in [1.165, 1.54) is 0 Å². The van der Waals surface area contributed by atoms with Crippen molar-refractivity contribution in [2.24, 2.45) is 0 Å². The molecule has 0 amide bonds. The molecule has 1 fully saturated rings. The second-order valence-corrected chi connectivity index (χ2v) is 10.1. The van der Waals surface area contributed by atoms with E-state index in [1.807, 2.05) is 72.9 Å². The zero-order valence-electron chi connectivity index (χ0n) is 19.1. The van der Waals surface area contributed by atoms with Crippen LogP contribution in [0.4, 0.5) is 0 Å². The number of piperidine rings is 1. The molecule has 2 aromatic carbocycles. The number of aromatic nitrogens is 2. The van der Waals surface area contributed by atoms with Crippen molar-refractivity contribution in [3.05, 3.63) is 89.2 Å². The average Bonchev–Trinajstić information content (AvgIpc) is 3.30. The van der Waals surface area contributed by atoms with Crippen LogP contribution in [-0.2, 0) is 4.74 Å². The number of thioether (sulfide) groups is 1. The summed E-state index contributed by atoms with van der Waals surface area (Å²) in [5.41, 5.74) is 3.77. The molecule has 1 aliphatic rings. The minimum Gasteiger partial charge on any atom is -0.431 e. The van der Waals surface area contributed by atoms with Gasteiger partial charge in [-0.25, -0.2) is 4.98 Å². The average molecular weight is 494 g/mol. The number of pyridine rings is 1. The molecule has 2 atom stereocenters. The molecule has 7 heteroatoms. The van der Waals surface area contributed by atoms with Gasteiger partial charge in [0.1, 0.15) is 11.6 Å². The number of likely N-dealkylation sites (tertiary alicyclic amines) is 1. The highest BCUT2D eigenvalue weighted by Crippen LogP contribution is 2.31. The van der Waals surface area contributed by atoms with Crippen LogP contribution in [0.1, 0.15) is 37.1 Å². The maximum atomic E-state index is 6.63. The van der Waals surface area contributed by atoms with Crippen LogP contribution in [0.2, 0.25) is 5.02 Å². The summed E-state index contributed by atoms with van der Waals surface area (Å²) in [5.74, 6) is 0.944. The van der Waals surface area contributed by atoms with Gasteiger partial charge in [0, 0.05) is 36.1 Å². The summed E-state index contributed by atoms with van der Waals surface area (Å²) in [6, 6.07) is 22.2. The highest BCUT2D eigenvalue weighted by molar-refractivity contribution is 7.99. The lowest BCUT2D eigenvalue weighted by atomic mass is 10.0. The zero-order valence-corrected chi connectivity index (χ0v) is 20.7. The predicted molar refractivity (Wildman–Crippen MR) is 137 cm³/mol. The van der Waals surface area contributed by atoms with E-state index >= 15 is 0 Å². The van der Waals surface area contributed by atoms with E-state index in [9.17, 15) is 0 Å². The highest BCUT2D eigenvalue weighted by atomic mass is 35.5. The first-order chi connectivity index (χ1) is 16.7. The first kappa shape index (κ1) is 23.4. The van der Waals surface area contributed by atoms with Gasteiger partial charge in [0.2, 0.25) is 0 Å². The SMILES string of the molecule is CC(CSc1nc2ccccc2o1)N1CCC(OC(c2ccc(Cl)cc2)c2ccccn2)CC1. The summed E-state index contributed by atoms with van der Waals surface area (Å²) >= 11 is 7.80. The second-order valence-electron chi connectivity index (χ2n) is 8.67. The molecule has 0 aliphatic carbocycles. The zero-order chi connectivity index (χ0) is 23.3. The van der Waals surface area contributed by atoms with Crippen LogP contribution in [0, 0.1) is 0 Å². The van der Waals surface area contributed by atoms with Gasteiger partial charge in [0.05, 0.1) is 11.8 Å². The Morgan fingerprint density at radius 3 is 2.56 bits per heavy atom. The van der Waals surface area contributed by atoms with Gasteiger partial charge in [-0.2, -0.15) is 0 Å². The summed E-state index contributed by atoms with van der Waals surface area (Å²) in [7, 11) is 0. The Balaban J connectivity index is 1.17. The Labute approximate surface area is 209 Å². The summed E-state index contributed by atoms with van der Waals surface area (Å²) in [6.45, 7) is 4.30. The van der Waals surface area contributed by atoms with Crippen molar-refractivity contribution in [1.29, 1.82) is 0 Å². The van der Waals surface area contributed by atoms with Crippen LogP contribution in [0.3, 0.4) is 0 Å². The number of halogens is 1. The van der Waals surface area contributed by atoms with Crippen molar-refractivity contribution >= 4 is 34.5 Å². The van der Waals surface area contributed by atoms with Crippen molar-refractivity contribution in [2.75, 3.05) is 18.8 Å².